The third-order valence-electron chi connectivity index (χ3n) is 9.01. The van der Waals surface area contributed by atoms with Crippen LogP contribution in [0.5, 0.6) is 11.5 Å². The number of ether oxygens (including phenoxy) is 1. The van der Waals surface area contributed by atoms with E-state index in [9.17, 15) is 0 Å². The second-order valence-electron chi connectivity index (χ2n) is 12.4. The highest BCUT2D eigenvalue weighted by Gasteiger charge is 2.34. The van der Waals surface area contributed by atoms with Gasteiger partial charge in [0.15, 0.2) is 6.20 Å². The van der Waals surface area contributed by atoms with E-state index in [4.69, 9.17) is 4.74 Å². The SMILES string of the molecule is Cc1c2c(c(CC3CCCC3)c3ccccc13)Oc1cc3ccc([Si](C)(C)C)cc3c3cc[n+](C)c-2c13. The molecule has 0 radical (unpaired) electrons. The van der Waals surface area contributed by atoms with Crippen LogP contribution >= 0.6 is 0 Å². The lowest BCUT2D eigenvalue weighted by Gasteiger charge is -2.27. The molecule has 1 aliphatic heterocycles. The zero-order chi connectivity index (χ0) is 25.5. The van der Waals surface area contributed by atoms with Gasteiger partial charge in [0.05, 0.1) is 19.0 Å². The molecule has 1 aliphatic carbocycles. The Balaban J connectivity index is 1.58. The van der Waals surface area contributed by atoms with E-state index in [2.05, 4.69) is 99.0 Å². The predicted molar refractivity (Wildman–Crippen MR) is 159 cm³/mol. The summed E-state index contributed by atoms with van der Waals surface area (Å²) in [4.78, 5) is 0. The number of nitrogens with zero attached hydrogens (tertiary/aromatic N) is 1. The van der Waals surface area contributed by atoms with E-state index < -0.39 is 8.07 Å². The molecule has 0 spiro atoms. The fourth-order valence-electron chi connectivity index (χ4n) is 6.96. The van der Waals surface area contributed by atoms with Gasteiger partial charge in [-0.2, -0.15) is 0 Å². The molecule has 37 heavy (non-hydrogen) atoms. The normalized spacial score (nSPS) is 15.5. The van der Waals surface area contributed by atoms with Crippen LogP contribution in [0.4, 0.5) is 0 Å². The predicted octanol–water partition coefficient (Wildman–Crippen LogP) is 8.33. The van der Waals surface area contributed by atoms with Crippen molar-refractivity contribution < 1.29 is 9.30 Å². The maximum absolute atomic E-state index is 7.04. The number of fused-ring (bicyclic) bond motifs is 5. The fraction of sp³-hybridized carbons (Fsp3) is 0.324. The number of pyridine rings is 1. The Morgan fingerprint density at radius 3 is 2.41 bits per heavy atom. The molecule has 1 saturated carbocycles. The molecule has 2 nitrogen and oxygen atoms in total. The van der Waals surface area contributed by atoms with Gasteiger partial charge in [-0.05, 0) is 52.4 Å². The molecule has 0 N–H and O–H groups in total. The number of hydrogen-bond acceptors (Lipinski definition) is 1. The van der Waals surface area contributed by atoms with Crippen LogP contribution in [0.25, 0.3) is 43.6 Å². The number of aryl methyl sites for hydroxylation is 2. The first kappa shape index (κ1) is 23.0. The summed E-state index contributed by atoms with van der Waals surface area (Å²) in [7, 11) is 0.767. The standard InChI is InChI=1S/C34H36NOSi/c1-21-25-12-8-9-13-26(25)29(18-22-10-6-7-11-22)34-31(21)33-32-27(16-17-35(33)2)28-20-24(37(3,4)5)15-14-23(28)19-30(32)36-34/h8-9,12-17,19-20,22H,6-7,10-11,18H2,1-5H3/q+1. The average Bonchev–Trinajstić information content (AvgIpc) is 3.40. The van der Waals surface area contributed by atoms with Gasteiger partial charge >= 0.3 is 0 Å². The number of aromatic nitrogens is 1. The highest BCUT2D eigenvalue weighted by atomic mass is 28.3. The largest absolute Gasteiger partial charge is 0.455 e. The van der Waals surface area contributed by atoms with E-state index in [0.717, 1.165) is 23.8 Å². The van der Waals surface area contributed by atoms with Crippen LogP contribution in [-0.2, 0) is 13.5 Å². The molecule has 0 unspecified atom stereocenters. The van der Waals surface area contributed by atoms with Crippen molar-refractivity contribution in [1.29, 1.82) is 0 Å². The van der Waals surface area contributed by atoms with Crippen LogP contribution in [0, 0.1) is 12.8 Å². The van der Waals surface area contributed by atoms with Crippen molar-refractivity contribution in [1.82, 2.24) is 0 Å². The van der Waals surface area contributed by atoms with Crippen molar-refractivity contribution in [3.8, 4) is 22.8 Å². The maximum atomic E-state index is 7.04. The minimum atomic E-state index is -1.43. The summed E-state index contributed by atoms with van der Waals surface area (Å²) in [5, 5.41) is 9.40. The topological polar surface area (TPSA) is 13.1 Å². The minimum absolute atomic E-state index is 0.751. The molecular formula is C34H36NOSi+. The van der Waals surface area contributed by atoms with Crippen molar-refractivity contribution in [3.63, 3.8) is 0 Å². The number of benzene rings is 4. The van der Waals surface area contributed by atoms with Crippen LogP contribution in [0.2, 0.25) is 19.6 Å². The van der Waals surface area contributed by atoms with E-state index in [-0.39, 0.29) is 0 Å². The quantitative estimate of drug-likeness (QED) is 0.135. The van der Waals surface area contributed by atoms with Gasteiger partial charge in [0.1, 0.15) is 18.5 Å². The van der Waals surface area contributed by atoms with E-state index in [0.29, 0.717) is 0 Å². The first-order valence-corrected chi connectivity index (χ1v) is 17.4. The molecular weight excluding hydrogens is 466 g/mol. The van der Waals surface area contributed by atoms with Crippen molar-refractivity contribution in [3.05, 3.63) is 71.9 Å². The molecule has 0 atom stereocenters. The molecule has 0 amide bonds. The number of hydrogen-bond donors (Lipinski definition) is 0. The van der Waals surface area contributed by atoms with E-state index in [1.807, 2.05) is 0 Å². The first-order chi connectivity index (χ1) is 17.8. The Bertz CT molecular complexity index is 1740. The summed E-state index contributed by atoms with van der Waals surface area (Å²) >= 11 is 0. The Morgan fingerprint density at radius 1 is 0.892 bits per heavy atom. The van der Waals surface area contributed by atoms with Crippen LogP contribution in [0.15, 0.2) is 60.8 Å². The van der Waals surface area contributed by atoms with Gasteiger partial charge in [0.2, 0.25) is 5.69 Å². The molecule has 1 fully saturated rings. The highest BCUT2D eigenvalue weighted by molar-refractivity contribution is 6.88. The fourth-order valence-corrected chi connectivity index (χ4v) is 8.12. The molecule has 3 heteroatoms. The second kappa shape index (κ2) is 8.16. The molecule has 2 aliphatic rings. The summed E-state index contributed by atoms with van der Waals surface area (Å²) in [6.45, 7) is 9.58. The Labute approximate surface area is 220 Å². The Kier molecular flexibility index (Phi) is 5.07. The second-order valence-corrected chi connectivity index (χ2v) is 17.5. The lowest BCUT2D eigenvalue weighted by Crippen LogP contribution is -2.37. The van der Waals surface area contributed by atoms with Gasteiger partial charge in [-0.25, -0.2) is 4.57 Å². The summed E-state index contributed by atoms with van der Waals surface area (Å²) < 4.78 is 9.36. The summed E-state index contributed by atoms with van der Waals surface area (Å²) in [6, 6.07) is 20.7. The molecule has 7 rings (SSSR count). The summed E-state index contributed by atoms with van der Waals surface area (Å²) in [5.74, 6) is 2.85. The average molecular weight is 503 g/mol. The molecule has 0 bridgehead atoms. The molecule has 4 aromatic carbocycles. The zero-order valence-electron chi connectivity index (χ0n) is 22.7. The third kappa shape index (κ3) is 3.47. The Hall–Kier alpha value is -3.17. The number of rotatable bonds is 3. The maximum Gasteiger partial charge on any atom is 0.228 e. The van der Waals surface area contributed by atoms with Crippen LogP contribution in [0.1, 0.15) is 36.8 Å². The van der Waals surface area contributed by atoms with Crippen molar-refractivity contribution in [2.24, 2.45) is 13.0 Å². The van der Waals surface area contributed by atoms with Gasteiger partial charge in [0.25, 0.3) is 0 Å². The van der Waals surface area contributed by atoms with Gasteiger partial charge in [0, 0.05) is 17.0 Å². The van der Waals surface area contributed by atoms with Crippen molar-refractivity contribution >= 4 is 45.6 Å². The minimum Gasteiger partial charge on any atom is -0.455 e. The van der Waals surface area contributed by atoms with E-state index >= 15 is 0 Å². The lowest BCUT2D eigenvalue weighted by molar-refractivity contribution is -0.659. The van der Waals surface area contributed by atoms with Crippen molar-refractivity contribution in [2.45, 2.75) is 58.7 Å². The van der Waals surface area contributed by atoms with E-state index in [1.165, 1.54) is 85.6 Å². The molecule has 1 aromatic heterocycles. The van der Waals surface area contributed by atoms with Gasteiger partial charge in [-0.15, -0.1) is 0 Å². The summed E-state index contributed by atoms with van der Waals surface area (Å²) in [6.07, 6.45) is 8.75. The van der Waals surface area contributed by atoms with Crippen molar-refractivity contribution in [2.75, 3.05) is 0 Å². The van der Waals surface area contributed by atoms with Gasteiger partial charge in [-0.1, -0.05) is 93.0 Å². The van der Waals surface area contributed by atoms with Gasteiger partial charge < -0.3 is 4.74 Å². The molecule has 0 saturated heterocycles. The van der Waals surface area contributed by atoms with E-state index in [1.54, 1.807) is 0 Å². The molecule has 5 aromatic rings. The third-order valence-corrected chi connectivity index (χ3v) is 11.1. The van der Waals surface area contributed by atoms with Crippen LogP contribution < -0.4 is 14.5 Å². The smallest absolute Gasteiger partial charge is 0.228 e. The molecule has 2 heterocycles. The van der Waals surface area contributed by atoms with Crippen LogP contribution in [-0.4, -0.2) is 8.07 Å². The van der Waals surface area contributed by atoms with Gasteiger partial charge in [-0.3, -0.25) is 0 Å². The van der Waals surface area contributed by atoms with Crippen LogP contribution in [0.3, 0.4) is 0 Å². The Morgan fingerprint density at radius 2 is 1.65 bits per heavy atom. The molecule has 186 valence electrons. The lowest BCUT2D eigenvalue weighted by atomic mass is 9.85. The highest BCUT2D eigenvalue weighted by Crippen LogP contribution is 2.52. The zero-order valence-corrected chi connectivity index (χ0v) is 23.7. The first-order valence-electron chi connectivity index (χ1n) is 13.9. The monoisotopic (exact) mass is 502 g/mol. The summed E-state index contributed by atoms with van der Waals surface area (Å²) in [5.41, 5.74) is 5.31.